The highest BCUT2D eigenvalue weighted by molar-refractivity contribution is 8.44. The normalized spacial score (nSPS) is 11.6. The number of carbonyl (C=O) groups is 3. The third-order valence-corrected chi connectivity index (χ3v) is 8.07. The third-order valence-electron chi connectivity index (χ3n) is 5.82. The second kappa shape index (κ2) is 10.6. The Labute approximate surface area is 226 Å². The lowest BCUT2D eigenvalue weighted by Gasteiger charge is -2.25. The number of nitrogens with zero attached hydrogens (tertiary/aromatic N) is 6. The third kappa shape index (κ3) is 5.34. The van der Waals surface area contributed by atoms with Gasteiger partial charge in [-0.15, -0.1) is 15.1 Å². The molecule has 0 bridgehead atoms. The van der Waals surface area contributed by atoms with Crippen LogP contribution in [0.25, 0.3) is 27.8 Å². The Morgan fingerprint density at radius 3 is 2.28 bits per heavy atom. The van der Waals surface area contributed by atoms with Gasteiger partial charge in [0.15, 0.2) is 5.75 Å². The summed E-state index contributed by atoms with van der Waals surface area (Å²) in [5.74, 6) is 0.207. The molecule has 0 aliphatic rings. The van der Waals surface area contributed by atoms with Gasteiger partial charge in [0.25, 0.3) is 5.24 Å². The van der Waals surface area contributed by atoms with E-state index in [-0.39, 0.29) is 11.5 Å². The second-order valence-corrected chi connectivity index (χ2v) is 12.8. The Hall–Kier alpha value is -4.65. The lowest BCUT2D eigenvalue weighted by molar-refractivity contribution is 0.170. The van der Waals surface area contributed by atoms with Crippen molar-refractivity contribution in [2.75, 3.05) is 40.7 Å². The SMILES string of the molecule is CN(C)C(=O)Oc1ccc(-n2nnc(S(C)(C)C(N)=O)c2-c2cccc3ncccc23)c(OC(=O)N(C)C)c1. The average Bonchev–Trinajstić information content (AvgIpc) is 3.33. The largest absolute Gasteiger partial charge is 0.414 e. The maximum Gasteiger partial charge on any atom is 0.414 e. The van der Waals surface area contributed by atoms with Gasteiger partial charge in [-0.2, -0.15) is 0 Å². The molecular formula is C26H29N7O5S. The van der Waals surface area contributed by atoms with Crippen molar-refractivity contribution in [1.29, 1.82) is 0 Å². The van der Waals surface area contributed by atoms with E-state index < -0.39 is 27.5 Å². The van der Waals surface area contributed by atoms with E-state index in [1.54, 1.807) is 59.0 Å². The zero-order chi connectivity index (χ0) is 28.5. The highest BCUT2D eigenvalue weighted by Crippen LogP contribution is 2.53. The average molecular weight is 552 g/mol. The van der Waals surface area contributed by atoms with Crippen molar-refractivity contribution < 1.29 is 23.9 Å². The number of hydrogen-bond acceptors (Lipinski definition) is 8. The summed E-state index contributed by atoms with van der Waals surface area (Å²) >= 11 is 0. The first kappa shape index (κ1) is 27.4. The van der Waals surface area contributed by atoms with Gasteiger partial charge < -0.3 is 25.0 Å². The first-order chi connectivity index (χ1) is 18.4. The molecule has 2 N–H and O–H groups in total. The molecule has 2 aromatic heterocycles. The fourth-order valence-electron chi connectivity index (χ4n) is 3.61. The number of carbonyl (C=O) groups excluding carboxylic acids is 3. The Morgan fingerprint density at radius 2 is 1.62 bits per heavy atom. The molecule has 0 saturated heterocycles. The first-order valence-electron chi connectivity index (χ1n) is 11.7. The number of pyridine rings is 1. The molecule has 13 heteroatoms. The summed E-state index contributed by atoms with van der Waals surface area (Å²) in [6.45, 7) is 0. The van der Waals surface area contributed by atoms with E-state index in [1.165, 1.54) is 20.5 Å². The van der Waals surface area contributed by atoms with Crippen LogP contribution in [0.2, 0.25) is 0 Å². The molecule has 2 heterocycles. The molecule has 204 valence electrons. The maximum absolute atomic E-state index is 12.6. The van der Waals surface area contributed by atoms with Crippen LogP contribution in [0, 0.1) is 0 Å². The number of nitrogens with two attached hydrogens (primary N) is 1. The quantitative estimate of drug-likeness (QED) is 0.390. The number of amides is 3. The van der Waals surface area contributed by atoms with E-state index in [4.69, 9.17) is 15.2 Å². The summed E-state index contributed by atoms with van der Waals surface area (Å²) in [4.78, 5) is 44.3. The number of benzene rings is 2. The van der Waals surface area contributed by atoms with Crippen LogP contribution in [0.1, 0.15) is 0 Å². The van der Waals surface area contributed by atoms with Gasteiger partial charge in [0.05, 0.1) is 5.52 Å². The molecule has 0 unspecified atom stereocenters. The van der Waals surface area contributed by atoms with Crippen molar-refractivity contribution in [2.24, 2.45) is 5.73 Å². The lowest BCUT2D eigenvalue weighted by atomic mass is 10.1. The molecular weight excluding hydrogens is 522 g/mol. The monoisotopic (exact) mass is 551 g/mol. The van der Waals surface area contributed by atoms with Crippen molar-refractivity contribution in [3.8, 4) is 28.4 Å². The van der Waals surface area contributed by atoms with Crippen molar-refractivity contribution in [3.05, 3.63) is 54.7 Å². The van der Waals surface area contributed by atoms with Gasteiger partial charge in [0.1, 0.15) is 22.2 Å². The van der Waals surface area contributed by atoms with E-state index in [0.717, 1.165) is 10.9 Å². The number of ether oxygens (including phenoxy) is 2. The predicted molar refractivity (Wildman–Crippen MR) is 149 cm³/mol. The van der Waals surface area contributed by atoms with Crippen molar-refractivity contribution in [1.82, 2.24) is 29.8 Å². The second-order valence-electron chi connectivity index (χ2n) is 9.33. The van der Waals surface area contributed by atoms with Crippen LogP contribution in [0.3, 0.4) is 0 Å². The molecule has 4 aromatic rings. The molecule has 0 aliphatic heterocycles. The standard InChI is InChI=1S/C26H29N7O5S/c1-31(2)25(35)37-16-12-13-20(21(15-16)38-26(36)32(3)4)33-22(23(29-30-33)39(5,6)24(27)34)18-9-7-11-19-17(18)10-8-14-28-19/h7-15H,1-6H3,(H2,27,34). The number of rotatable bonds is 5. The molecule has 3 amide bonds. The Balaban J connectivity index is 2.00. The summed E-state index contributed by atoms with van der Waals surface area (Å²) < 4.78 is 12.5. The molecule has 0 spiro atoms. The van der Waals surface area contributed by atoms with E-state index >= 15 is 0 Å². The fraction of sp³-hybridized carbons (Fsp3) is 0.231. The van der Waals surface area contributed by atoms with Gasteiger partial charge in [0, 0.05) is 51.4 Å². The highest BCUT2D eigenvalue weighted by Gasteiger charge is 2.32. The molecule has 0 fully saturated rings. The Morgan fingerprint density at radius 1 is 0.923 bits per heavy atom. The number of primary amides is 1. The molecule has 0 radical (unpaired) electrons. The summed E-state index contributed by atoms with van der Waals surface area (Å²) in [6.07, 6.45) is 3.91. The highest BCUT2D eigenvalue weighted by atomic mass is 32.3. The van der Waals surface area contributed by atoms with Crippen LogP contribution in [0.4, 0.5) is 14.4 Å². The van der Waals surface area contributed by atoms with Crippen molar-refractivity contribution >= 4 is 38.4 Å². The van der Waals surface area contributed by atoms with Crippen LogP contribution in [-0.4, -0.2) is 87.9 Å². The number of aromatic nitrogens is 4. The van der Waals surface area contributed by atoms with Gasteiger partial charge in [0.2, 0.25) is 0 Å². The molecule has 4 rings (SSSR count). The maximum atomic E-state index is 12.6. The summed E-state index contributed by atoms with van der Waals surface area (Å²) in [5.41, 5.74) is 8.06. The summed E-state index contributed by atoms with van der Waals surface area (Å²) in [7, 11) is 3.92. The summed E-state index contributed by atoms with van der Waals surface area (Å²) in [5, 5.41) is 9.48. The molecule has 0 atom stereocenters. The first-order valence-corrected chi connectivity index (χ1v) is 14.1. The van der Waals surface area contributed by atoms with Gasteiger partial charge in [-0.3, -0.25) is 9.78 Å². The zero-order valence-corrected chi connectivity index (χ0v) is 23.2. The number of fused-ring (bicyclic) bond motifs is 1. The minimum Gasteiger partial charge on any atom is -0.410 e. The molecule has 12 nitrogen and oxygen atoms in total. The fourth-order valence-corrected chi connectivity index (χ4v) is 4.72. The van der Waals surface area contributed by atoms with Crippen LogP contribution in [0.15, 0.2) is 59.8 Å². The van der Waals surface area contributed by atoms with Gasteiger partial charge >= 0.3 is 12.2 Å². The number of hydrogen-bond donors (Lipinski definition) is 1. The Kier molecular flexibility index (Phi) is 7.45. The predicted octanol–water partition coefficient (Wildman–Crippen LogP) is 4.11. The van der Waals surface area contributed by atoms with E-state index in [9.17, 15) is 14.4 Å². The zero-order valence-electron chi connectivity index (χ0n) is 22.4. The van der Waals surface area contributed by atoms with E-state index in [0.29, 0.717) is 22.0 Å². The van der Waals surface area contributed by atoms with Crippen LogP contribution in [-0.2, 0) is 0 Å². The van der Waals surface area contributed by atoms with Crippen LogP contribution >= 0.6 is 10.0 Å². The molecule has 0 saturated carbocycles. The lowest BCUT2D eigenvalue weighted by Crippen LogP contribution is -2.26. The van der Waals surface area contributed by atoms with E-state index in [1.807, 2.05) is 30.3 Å². The van der Waals surface area contributed by atoms with Crippen molar-refractivity contribution in [2.45, 2.75) is 5.03 Å². The molecule has 0 aliphatic carbocycles. The molecule has 2 aromatic carbocycles. The minimum atomic E-state index is -2.26. The topological polar surface area (TPSA) is 146 Å². The van der Waals surface area contributed by atoms with E-state index in [2.05, 4.69) is 15.3 Å². The van der Waals surface area contributed by atoms with Crippen molar-refractivity contribution in [3.63, 3.8) is 0 Å². The summed E-state index contributed by atoms with van der Waals surface area (Å²) in [6, 6.07) is 13.9. The Bertz CT molecular complexity index is 1580. The minimum absolute atomic E-state index is 0.0562. The molecule has 39 heavy (non-hydrogen) atoms. The van der Waals surface area contributed by atoms with Crippen LogP contribution < -0.4 is 15.2 Å². The van der Waals surface area contributed by atoms with Crippen LogP contribution in [0.5, 0.6) is 11.5 Å². The van der Waals surface area contributed by atoms with Gasteiger partial charge in [-0.05, 0) is 36.8 Å². The van der Waals surface area contributed by atoms with Gasteiger partial charge in [-0.25, -0.2) is 14.3 Å². The smallest absolute Gasteiger partial charge is 0.410 e. The van der Waals surface area contributed by atoms with Gasteiger partial charge in [-0.1, -0.05) is 23.4 Å².